The molecule has 9 heteroatoms. The van der Waals surface area contributed by atoms with Crippen molar-refractivity contribution in [3.05, 3.63) is 69.3 Å². The second kappa shape index (κ2) is 9.27. The molecular weight excluding hydrogens is 412 g/mol. The topological polar surface area (TPSA) is 113 Å². The van der Waals surface area contributed by atoms with E-state index in [0.29, 0.717) is 5.69 Å². The molecule has 166 valence electrons. The van der Waals surface area contributed by atoms with Crippen molar-refractivity contribution in [2.75, 3.05) is 25.0 Å². The molecule has 0 bridgehead atoms. The number of hydrogen-bond donors (Lipinski definition) is 1. The molecule has 0 aromatic heterocycles. The van der Waals surface area contributed by atoms with Gasteiger partial charge in [0.1, 0.15) is 5.56 Å². The molecule has 2 aliphatic rings. The highest BCUT2D eigenvalue weighted by Crippen LogP contribution is 2.30. The molecule has 2 aromatic carbocycles. The number of nitro benzene ring substituents is 1. The Bertz CT molecular complexity index is 1060. The van der Waals surface area contributed by atoms with E-state index in [1.54, 1.807) is 0 Å². The number of anilines is 1. The summed E-state index contributed by atoms with van der Waals surface area (Å²) in [5, 5.41) is 13.9. The second-order valence-electron chi connectivity index (χ2n) is 8.05. The summed E-state index contributed by atoms with van der Waals surface area (Å²) in [7, 11) is 0. The number of fused-ring (bicyclic) bond motifs is 1. The van der Waals surface area contributed by atoms with Crippen LogP contribution in [-0.2, 0) is 11.3 Å². The van der Waals surface area contributed by atoms with Crippen molar-refractivity contribution >= 4 is 29.1 Å². The first kappa shape index (κ1) is 21.6. The summed E-state index contributed by atoms with van der Waals surface area (Å²) in [5.74, 6) is -1.71. The van der Waals surface area contributed by atoms with Gasteiger partial charge in [-0.3, -0.25) is 34.3 Å². The zero-order chi connectivity index (χ0) is 22.7. The van der Waals surface area contributed by atoms with E-state index < -0.39 is 22.4 Å². The highest BCUT2D eigenvalue weighted by Gasteiger charge is 2.40. The number of nitrogens with zero attached hydrogens (tertiary/aromatic N) is 3. The molecular formula is C23H24N4O5. The number of carbonyl (C=O) groups is 3. The van der Waals surface area contributed by atoms with Crippen molar-refractivity contribution in [3.63, 3.8) is 0 Å². The first-order valence-electron chi connectivity index (χ1n) is 10.7. The molecule has 2 aromatic rings. The van der Waals surface area contributed by atoms with E-state index in [4.69, 9.17) is 0 Å². The fraction of sp³-hybridized carbons (Fsp3) is 0.348. The Labute approximate surface area is 185 Å². The molecule has 1 fully saturated rings. The lowest BCUT2D eigenvalue weighted by Crippen LogP contribution is -2.33. The van der Waals surface area contributed by atoms with Crippen LogP contribution in [0.1, 0.15) is 52.0 Å². The van der Waals surface area contributed by atoms with Gasteiger partial charge in [0, 0.05) is 31.3 Å². The molecule has 1 N–H and O–H groups in total. The summed E-state index contributed by atoms with van der Waals surface area (Å²) in [6, 6.07) is 11.6. The summed E-state index contributed by atoms with van der Waals surface area (Å²) in [4.78, 5) is 51.2. The minimum atomic E-state index is -0.743. The number of carbonyl (C=O) groups excluding carboxylic acids is 3. The molecule has 3 amide bonds. The minimum absolute atomic E-state index is 0.00565. The Balaban J connectivity index is 1.32. The normalized spacial score (nSPS) is 16.2. The fourth-order valence-corrected chi connectivity index (χ4v) is 4.18. The van der Waals surface area contributed by atoms with E-state index in [2.05, 4.69) is 10.2 Å². The van der Waals surface area contributed by atoms with E-state index in [-0.39, 0.29) is 30.0 Å². The van der Waals surface area contributed by atoms with E-state index in [0.717, 1.165) is 24.5 Å². The van der Waals surface area contributed by atoms with E-state index in [1.165, 1.54) is 43.0 Å². The highest BCUT2D eigenvalue weighted by molar-refractivity contribution is 6.23. The van der Waals surface area contributed by atoms with Gasteiger partial charge >= 0.3 is 0 Å². The fourth-order valence-electron chi connectivity index (χ4n) is 4.18. The number of likely N-dealkylation sites (tertiary alicyclic amines) is 1. The van der Waals surface area contributed by atoms with Crippen LogP contribution in [0.25, 0.3) is 0 Å². The Hall–Kier alpha value is -3.59. The Morgan fingerprint density at radius 2 is 1.72 bits per heavy atom. The van der Waals surface area contributed by atoms with Gasteiger partial charge in [-0.2, -0.15) is 0 Å². The third-order valence-electron chi connectivity index (χ3n) is 5.83. The third kappa shape index (κ3) is 4.52. The summed E-state index contributed by atoms with van der Waals surface area (Å²) in [5.41, 5.74) is 1.19. The second-order valence-corrected chi connectivity index (χ2v) is 8.05. The quantitative estimate of drug-likeness (QED) is 0.405. The molecule has 0 atom stereocenters. The SMILES string of the molecule is O=C(CCN1C(=O)c2cccc([N+](=O)[O-])c2C1=O)Nc1ccc(CN2CCCCC2)cc1. The van der Waals surface area contributed by atoms with Crippen molar-refractivity contribution < 1.29 is 19.3 Å². The Kier molecular flexibility index (Phi) is 6.27. The van der Waals surface area contributed by atoms with Gasteiger partial charge in [0.2, 0.25) is 5.91 Å². The molecule has 1 saturated heterocycles. The first-order valence-corrected chi connectivity index (χ1v) is 10.7. The minimum Gasteiger partial charge on any atom is -0.326 e. The number of amides is 3. The summed E-state index contributed by atoms with van der Waals surface area (Å²) < 4.78 is 0. The van der Waals surface area contributed by atoms with Crippen molar-refractivity contribution in [2.24, 2.45) is 0 Å². The van der Waals surface area contributed by atoms with Crippen LogP contribution in [0.5, 0.6) is 0 Å². The van der Waals surface area contributed by atoms with Gasteiger partial charge in [-0.25, -0.2) is 0 Å². The highest BCUT2D eigenvalue weighted by atomic mass is 16.6. The molecule has 0 unspecified atom stereocenters. The third-order valence-corrected chi connectivity index (χ3v) is 5.83. The molecule has 4 rings (SSSR count). The molecule has 9 nitrogen and oxygen atoms in total. The molecule has 0 aliphatic carbocycles. The number of rotatable bonds is 7. The van der Waals surface area contributed by atoms with Crippen LogP contribution in [0.3, 0.4) is 0 Å². The molecule has 32 heavy (non-hydrogen) atoms. The maximum absolute atomic E-state index is 12.6. The van der Waals surface area contributed by atoms with Gasteiger partial charge < -0.3 is 5.32 Å². The maximum atomic E-state index is 12.6. The van der Waals surface area contributed by atoms with Crippen LogP contribution >= 0.6 is 0 Å². The van der Waals surface area contributed by atoms with E-state index in [1.807, 2.05) is 24.3 Å². The summed E-state index contributed by atoms with van der Waals surface area (Å²) >= 11 is 0. The van der Waals surface area contributed by atoms with Crippen LogP contribution in [0.15, 0.2) is 42.5 Å². The van der Waals surface area contributed by atoms with Crippen LogP contribution in [0.4, 0.5) is 11.4 Å². The zero-order valence-electron chi connectivity index (χ0n) is 17.6. The summed E-state index contributed by atoms with van der Waals surface area (Å²) in [6.45, 7) is 2.96. The number of nitrogens with one attached hydrogen (secondary N) is 1. The predicted octanol–water partition coefficient (Wildman–Crippen LogP) is 3.21. The standard InChI is InChI=1S/C23H24N4O5/c28-20(24-17-9-7-16(8-10-17)15-25-12-2-1-3-13-25)11-14-26-22(29)18-5-4-6-19(27(31)32)21(18)23(26)30/h4-10H,1-3,11-15H2,(H,24,28). The van der Waals surface area contributed by atoms with Gasteiger partial charge in [-0.15, -0.1) is 0 Å². The van der Waals surface area contributed by atoms with E-state index >= 15 is 0 Å². The number of nitro groups is 1. The average molecular weight is 436 g/mol. The zero-order valence-corrected chi connectivity index (χ0v) is 17.6. The van der Waals surface area contributed by atoms with Gasteiger partial charge in [0.15, 0.2) is 0 Å². The van der Waals surface area contributed by atoms with Crippen LogP contribution in [0, 0.1) is 10.1 Å². The lowest BCUT2D eigenvalue weighted by Gasteiger charge is -2.26. The van der Waals surface area contributed by atoms with Crippen LogP contribution in [-0.4, -0.2) is 52.1 Å². The lowest BCUT2D eigenvalue weighted by molar-refractivity contribution is -0.385. The molecule has 2 aliphatic heterocycles. The van der Waals surface area contributed by atoms with E-state index in [9.17, 15) is 24.5 Å². The monoisotopic (exact) mass is 436 g/mol. The van der Waals surface area contributed by atoms with Crippen molar-refractivity contribution in [2.45, 2.75) is 32.2 Å². The molecule has 0 spiro atoms. The molecule has 0 radical (unpaired) electrons. The van der Waals surface area contributed by atoms with Gasteiger partial charge in [0.05, 0.1) is 10.5 Å². The first-order chi connectivity index (χ1) is 15.4. The van der Waals surface area contributed by atoms with Crippen LogP contribution < -0.4 is 5.32 Å². The summed E-state index contributed by atoms with van der Waals surface area (Å²) in [6.07, 6.45) is 3.65. The predicted molar refractivity (Wildman–Crippen MR) is 117 cm³/mol. The number of hydrogen-bond acceptors (Lipinski definition) is 6. The Morgan fingerprint density at radius 1 is 1.00 bits per heavy atom. The largest absolute Gasteiger partial charge is 0.326 e. The number of imide groups is 1. The lowest BCUT2D eigenvalue weighted by atomic mass is 10.1. The van der Waals surface area contributed by atoms with Crippen molar-refractivity contribution in [3.8, 4) is 0 Å². The maximum Gasteiger partial charge on any atom is 0.282 e. The van der Waals surface area contributed by atoms with Gasteiger partial charge in [-0.05, 0) is 49.7 Å². The van der Waals surface area contributed by atoms with Crippen molar-refractivity contribution in [1.82, 2.24) is 9.80 Å². The van der Waals surface area contributed by atoms with Crippen LogP contribution in [0.2, 0.25) is 0 Å². The average Bonchev–Trinajstić information content (AvgIpc) is 3.04. The molecule has 0 saturated carbocycles. The van der Waals surface area contributed by atoms with Crippen molar-refractivity contribution in [1.29, 1.82) is 0 Å². The van der Waals surface area contributed by atoms with Gasteiger partial charge in [0.25, 0.3) is 17.5 Å². The number of piperidine rings is 1. The van der Waals surface area contributed by atoms with Gasteiger partial charge in [-0.1, -0.05) is 24.6 Å². The smallest absolute Gasteiger partial charge is 0.282 e. The Morgan fingerprint density at radius 3 is 2.41 bits per heavy atom. The molecule has 2 heterocycles. The number of benzene rings is 2.